The lowest BCUT2D eigenvalue weighted by molar-refractivity contribution is 0.238. The zero-order valence-electron chi connectivity index (χ0n) is 9.70. The first-order valence-electron chi connectivity index (χ1n) is 5.67. The van der Waals surface area contributed by atoms with Gasteiger partial charge in [-0.3, -0.25) is 0 Å². The van der Waals surface area contributed by atoms with E-state index in [0.717, 1.165) is 18.6 Å². The van der Waals surface area contributed by atoms with Crippen molar-refractivity contribution in [2.75, 3.05) is 24.6 Å². The number of rotatable bonds is 3. The van der Waals surface area contributed by atoms with Crippen LogP contribution in [0.25, 0.3) is 0 Å². The predicted octanol–water partition coefficient (Wildman–Crippen LogP) is 1.42. The Labute approximate surface area is 109 Å². The zero-order chi connectivity index (χ0) is 13.3. The van der Waals surface area contributed by atoms with Crippen LogP contribution in [0.4, 0.5) is 14.5 Å². The van der Waals surface area contributed by atoms with Crippen LogP contribution in [-0.4, -0.2) is 29.8 Å². The van der Waals surface area contributed by atoms with Crippen LogP contribution in [0.5, 0.6) is 0 Å². The molecule has 0 spiro atoms. The fourth-order valence-corrected chi connectivity index (χ4v) is 2.31. The average Bonchev–Trinajstić information content (AvgIpc) is 2.76. The number of halogens is 2. The SMILES string of the molecule is NC(=S)c1cc(F)c(N2CCC(CO)C2)c(F)c1. The van der Waals surface area contributed by atoms with Crippen molar-refractivity contribution in [3.63, 3.8) is 0 Å². The van der Waals surface area contributed by atoms with Gasteiger partial charge in [0.2, 0.25) is 0 Å². The number of hydrogen-bond donors (Lipinski definition) is 2. The monoisotopic (exact) mass is 272 g/mol. The van der Waals surface area contributed by atoms with Crippen LogP contribution in [0.1, 0.15) is 12.0 Å². The van der Waals surface area contributed by atoms with E-state index in [1.165, 1.54) is 0 Å². The van der Waals surface area contributed by atoms with Gasteiger partial charge in [0.05, 0.1) is 0 Å². The first kappa shape index (κ1) is 13.2. The molecular formula is C12H14F2N2OS. The second kappa shape index (κ2) is 5.16. The molecule has 18 heavy (non-hydrogen) atoms. The molecule has 0 radical (unpaired) electrons. The second-order valence-corrected chi connectivity index (χ2v) is 4.88. The molecule has 0 saturated carbocycles. The molecule has 1 atom stereocenters. The van der Waals surface area contributed by atoms with E-state index in [-0.39, 0.29) is 28.8 Å². The maximum Gasteiger partial charge on any atom is 0.150 e. The molecule has 1 fully saturated rings. The summed E-state index contributed by atoms with van der Waals surface area (Å²) in [6.45, 7) is 1.02. The maximum absolute atomic E-state index is 13.9. The molecule has 3 N–H and O–H groups in total. The molecule has 0 bridgehead atoms. The Balaban J connectivity index is 2.32. The summed E-state index contributed by atoms with van der Waals surface area (Å²) in [5, 5.41) is 9.04. The van der Waals surface area contributed by atoms with Crippen molar-refractivity contribution in [1.82, 2.24) is 0 Å². The van der Waals surface area contributed by atoms with Gasteiger partial charge in [0.15, 0.2) is 0 Å². The number of hydrogen-bond acceptors (Lipinski definition) is 3. The summed E-state index contributed by atoms with van der Waals surface area (Å²) in [6.07, 6.45) is 0.729. The van der Waals surface area contributed by atoms with Crippen LogP contribution in [-0.2, 0) is 0 Å². The predicted molar refractivity (Wildman–Crippen MR) is 69.7 cm³/mol. The van der Waals surface area contributed by atoms with Crippen LogP contribution >= 0.6 is 12.2 Å². The highest BCUT2D eigenvalue weighted by molar-refractivity contribution is 7.80. The smallest absolute Gasteiger partial charge is 0.150 e. The van der Waals surface area contributed by atoms with Crippen LogP contribution in [0.15, 0.2) is 12.1 Å². The zero-order valence-corrected chi connectivity index (χ0v) is 10.5. The molecule has 2 rings (SSSR count). The van der Waals surface area contributed by atoms with Gasteiger partial charge in [-0.25, -0.2) is 8.78 Å². The van der Waals surface area contributed by atoms with E-state index in [1.54, 1.807) is 4.90 Å². The molecule has 98 valence electrons. The number of nitrogens with zero attached hydrogens (tertiary/aromatic N) is 1. The number of aliphatic hydroxyl groups is 1. The average molecular weight is 272 g/mol. The summed E-state index contributed by atoms with van der Waals surface area (Å²) in [4.78, 5) is 1.57. The number of anilines is 1. The number of benzene rings is 1. The molecule has 1 unspecified atom stereocenters. The fourth-order valence-electron chi connectivity index (χ4n) is 2.19. The summed E-state index contributed by atoms with van der Waals surface area (Å²) >= 11 is 4.69. The number of aliphatic hydroxyl groups excluding tert-OH is 1. The Hall–Kier alpha value is -1.27. The molecular weight excluding hydrogens is 258 g/mol. The van der Waals surface area contributed by atoms with Gasteiger partial charge < -0.3 is 15.7 Å². The third-order valence-corrected chi connectivity index (χ3v) is 3.40. The Morgan fingerprint density at radius 1 is 1.44 bits per heavy atom. The van der Waals surface area contributed by atoms with Crippen molar-refractivity contribution in [3.8, 4) is 0 Å². The van der Waals surface area contributed by atoms with Gasteiger partial charge in [0.25, 0.3) is 0 Å². The normalized spacial score (nSPS) is 19.3. The van der Waals surface area contributed by atoms with Gasteiger partial charge in [-0.05, 0) is 18.6 Å². The van der Waals surface area contributed by atoms with Gasteiger partial charge >= 0.3 is 0 Å². The first-order valence-corrected chi connectivity index (χ1v) is 6.08. The van der Waals surface area contributed by atoms with Gasteiger partial charge in [0, 0.05) is 31.2 Å². The lowest BCUT2D eigenvalue weighted by Gasteiger charge is -2.20. The fraction of sp³-hybridized carbons (Fsp3) is 0.417. The Morgan fingerprint density at radius 2 is 2.06 bits per heavy atom. The van der Waals surface area contributed by atoms with E-state index < -0.39 is 11.6 Å². The Bertz CT molecular complexity index is 458. The topological polar surface area (TPSA) is 49.5 Å². The number of thiocarbonyl (C=S) groups is 1. The quantitative estimate of drug-likeness (QED) is 0.817. The highest BCUT2D eigenvalue weighted by Gasteiger charge is 2.26. The van der Waals surface area contributed by atoms with Crippen molar-refractivity contribution in [3.05, 3.63) is 29.3 Å². The molecule has 1 heterocycles. The third-order valence-electron chi connectivity index (χ3n) is 3.16. The molecule has 0 amide bonds. The molecule has 1 aromatic rings. The van der Waals surface area contributed by atoms with E-state index >= 15 is 0 Å². The van der Waals surface area contributed by atoms with Crippen molar-refractivity contribution < 1.29 is 13.9 Å². The van der Waals surface area contributed by atoms with Gasteiger partial charge in [-0.2, -0.15) is 0 Å². The van der Waals surface area contributed by atoms with E-state index in [2.05, 4.69) is 0 Å². The third kappa shape index (κ3) is 2.44. The van der Waals surface area contributed by atoms with Gasteiger partial charge in [-0.15, -0.1) is 0 Å². The van der Waals surface area contributed by atoms with Gasteiger partial charge in [0.1, 0.15) is 22.3 Å². The van der Waals surface area contributed by atoms with E-state index in [1.807, 2.05) is 0 Å². The van der Waals surface area contributed by atoms with Crippen LogP contribution < -0.4 is 10.6 Å². The molecule has 0 aliphatic carbocycles. The van der Waals surface area contributed by atoms with Crippen molar-refractivity contribution >= 4 is 22.9 Å². The minimum atomic E-state index is -0.670. The van der Waals surface area contributed by atoms with Crippen LogP contribution in [0.2, 0.25) is 0 Å². The van der Waals surface area contributed by atoms with E-state index in [4.69, 9.17) is 23.1 Å². The van der Waals surface area contributed by atoms with E-state index in [0.29, 0.717) is 13.1 Å². The largest absolute Gasteiger partial charge is 0.396 e. The van der Waals surface area contributed by atoms with Gasteiger partial charge in [-0.1, -0.05) is 12.2 Å². The summed E-state index contributed by atoms with van der Waals surface area (Å²) in [6, 6.07) is 2.29. The molecule has 6 heteroatoms. The molecule has 0 aromatic heterocycles. The molecule has 1 saturated heterocycles. The van der Waals surface area contributed by atoms with Crippen LogP contribution in [0, 0.1) is 17.6 Å². The summed E-state index contributed by atoms with van der Waals surface area (Å²) in [5.74, 6) is -1.27. The minimum Gasteiger partial charge on any atom is -0.396 e. The lowest BCUT2D eigenvalue weighted by Crippen LogP contribution is -2.23. The molecule has 1 aliphatic rings. The lowest BCUT2D eigenvalue weighted by atomic mass is 10.1. The van der Waals surface area contributed by atoms with Crippen molar-refractivity contribution in [2.24, 2.45) is 11.7 Å². The molecule has 1 aromatic carbocycles. The summed E-state index contributed by atoms with van der Waals surface area (Å²) in [7, 11) is 0. The van der Waals surface area contributed by atoms with Crippen LogP contribution in [0.3, 0.4) is 0 Å². The number of nitrogens with two attached hydrogens (primary N) is 1. The maximum atomic E-state index is 13.9. The Kier molecular flexibility index (Phi) is 3.77. The standard InChI is InChI=1S/C12H14F2N2OS/c13-9-3-8(12(15)18)4-10(14)11(9)16-2-1-7(5-16)6-17/h3-4,7,17H,1-2,5-6H2,(H2,15,18). The first-order chi connectivity index (χ1) is 8.52. The summed E-state index contributed by atoms with van der Waals surface area (Å²) < 4.78 is 27.8. The van der Waals surface area contributed by atoms with Crippen molar-refractivity contribution in [1.29, 1.82) is 0 Å². The second-order valence-electron chi connectivity index (χ2n) is 4.44. The molecule has 3 nitrogen and oxygen atoms in total. The molecule has 1 aliphatic heterocycles. The highest BCUT2D eigenvalue weighted by Crippen LogP contribution is 2.29. The Morgan fingerprint density at radius 3 is 2.50 bits per heavy atom. The minimum absolute atomic E-state index is 0.0324. The van der Waals surface area contributed by atoms with E-state index in [9.17, 15) is 8.78 Å². The highest BCUT2D eigenvalue weighted by atomic mass is 32.1. The summed E-state index contributed by atoms with van der Waals surface area (Å²) in [5.41, 5.74) is 5.47. The van der Waals surface area contributed by atoms with Crippen molar-refractivity contribution in [2.45, 2.75) is 6.42 Å².